The van der Waals surface area contributed by atoms with Gasteiger partial charge in [0.05, 0.1) is 11.3 Å². The number of azo groups is 1. The number of hydrogen-bond acceptors (Lipinski definition) is 2. The molecule has 0 fully saturated rings. The molecule has 0 bridgehead atoms. The summed E-state index contributed by atoms with van der Waals surface area (Å²) in [5.41, 5.74) is 7.55. The molecule has 0 aliphatic heterocycles. The van der Waals surface area contributed by atoms with E-state index in [2.05, 4.69) is 61.5 Å². The van der Waals surface area contributed by atoms with Gasteiger partial charge in [0, 0.05) is 0 Å². The van der Waals surface area contributed by atoms with Gasteiger partial charge < -0.3 is 0 Å². The second kappa shape index (κ2) is 8.61. The average molecular weight is 335 g/mol. The Labute approximate surface area is 147 Å². The van der Waals surface area contributed by atoms with E-state index in [-0.39, 0.29) is 0 Å². The summed E-state index contributed by atoms with van der Waals surface area (Å²) in [6.45, 7) is 8.92. The maximum atomic E-state index is 4.43. The van der Waals surface area contributed by atoms with Crippen LogP contribution in [0.5, 0.6) is 0 Å². The van der Waals surface area contributed by atoms with Crippen molar-refractivity contribution in [3.63, 3.8) is 0 Å². The van der Waals surface area contributed by atoms with Gasteiger partial charge in [-0.3, -0.25) is 0 Å². The minimum Gasteiger partial charge on any atom is -0.151 e. The van der Waals surface area contributed by atoms with Crippen LogP contribution in [-0.2, 0) is 0 Å². The number of aryl methyl sites for hydroxylation is 1. The molecule has 0 radical (unpaired) electrons. The summed E-state index contributed by atoms with van der Waals surface area (Å²) in [5, 5.41) is 8.77. The average Bonchev–Trinajstić information content (AvgIpc) is 2.63. The fraction of sp³-hybridized carbons (Fsp3) is 0.333. The summed E-state index contributed by atoms with van der Waals surface area (Å²) in [6, 6.07) is 19.6. The predicted molar refractivity (Wildman–Crippen MR) is 106 cm³/mol. The standard InChI is InChI=1S/C21H26N2Si/c1-5-24(6-2,7-3)16-15-19-17-18(4)13-14-21(19)23-22-20-11-9-8-10-12-20/h8-14,17H,5-7H2,1-4H3. The zero-order valence-electron chi connectivity index (χ0n) is 15.1. The van der Waals surface area contributed by atoms with Crippen molar-refractivity contribution in [1.29, 1.82) is 0 Å². The molecule has 24 heavy (non-hydrogen) atoms. The molecule has 0 unspecified atom stereocenters. The Kier molecular flexibility index (Phi) is 6.51. The quantitative estimate of drug-likeness (QED) is 0.326. The van der Waals surface area contributed by atoms with Crippen molar-refractivity contribution >= 4 is 19.4 Å². The molecule has 2 rings (SSSR count). The van der Waals surface area contributed by atoms with Gasteiger partial charge in [-0.05, 0) is 54.9 Å². The van der Waals surface area contributed by atoms with Crippen molar-refractivity contribution in [2.45, 2.75) is 45.8 Å². The van der Waals surface area contributed by atoms with Crippen LogP contribution in [0, 0.1) is 18.4 Å². The van der Waals surface area contributed by atoms with Crippen molar-refractivity contribution in [2.75, 3.05) is 0 Å². The van der Waals surface area contributed by atoms with Crippen LogP contribution >= 0.6 is 0 Å². The summed E-state index contributed by atoms with van der Waals surface area (Å²) < 4.78 is 0. The van der Waals surface area contributed by atoms with Crippen LogP contribution in [0.4, 0.5) is 11.4 Å². The normalized spacial score (nSPS) is 11.3. The molecule has 0 saturated heterocycles. The molecule has 0 aromatic heterocycles. The van der Waals surface area contributed by atoms with E-state index in [1.54, 1.807) is 0 Å². The third-order valence-corrected chi connectivity index (χ3v) is 9.39. The minimum atomic E-state index is -1.46. The van der Waals surface area contributed by atoms with Crippen molar-refractivity contribution in [3.8, 4) is 11.5 Å². The highest BCUT2D eigenvalue weighted by atomic mass is 28.3. The third kappa shape index (κ3) is 4.66. The van der Waals surface area contributed by atoms with Crippen LogP contribution < -0.4 is 0 Å². The SMILES string of the molecule is CC[Si](C#Cc1cc(C)ccc1N=Nc1ccccc1)(CC)CC. The van der Waals surface area contributed by atoms with Crippen LogP contribution in [-0.4, -0.2) is 8.07 Å². The maximum absolute atomic E-state index is 4.43. The maximum Gasteiger partial charge on any atom is 0.138 e. The first-order valence-electron chi connectivity index (χ1n) is 8.73. The summed E-state index contributed by atoms with van der Waals surface area (Å²) in [4.78, 5) is 0. The van der Waals surface area contributed by atoms with E-state index in [1.165, 1.54) is 23.7 Å². The Morgan fingerprint density at radius 1 is 0.875 bits per heavy atom. The van der Waals surface area contributed by atoms with E-state index >= 15 is 0 Å². The largest absolute Gasteiger partial charge is 0.151 e. The fourth-order valence-electron chi connectivity index (χ4n) is 2.66. The molecule has 0 aliphatic carbocycles. The molecule has 3 heteroatoms. The Hall–Kier alpha value is -2.18. The second-order valence-corrected chi connectivity index (χ2v) is 11.1. The Balaban J connectivity index is 2.37. The molecule has 2 aromatic carbocycles. The Morgan fingerprint density at radius 3 is 2.17 bits per heavy atom. The van der Waals surface area contributed by atoms with Crippen molar-refractivity contribution in [3.05, 3.63) is 59.7 Å². The predicted octanol–water partition coefficient (Wildman–Crippen LogP) is 6.81. The second-order valence-electron chi connectivity index (χ2n) is 6.15. The molecule has 2 aromatic rings. The van der Waals surface area contributed by atoms with Gasteiger partial charge in [-0.25, -0.2) is 0 Å². The number of hydrogen-bond donors (Lipinski definition) is 0. The summed E-state index contributed by atoms with van der Waals surface area (Å²) in [6.07, 6.45) is 0. The summed E-state index contributed by atoms with van der Waals surface area (Å²) in [7, 11) is -1.46. The summed E-state index contributed by atoms with van der Waals surface area (Å²) in [5.74, 6) is 3.44. The lowest BCUT2D eigenvalue weighted by atomic mass is 10.1. The molecule has 0 aliphatic rings. The van der Waals surface area contributed by atoms with E-state index in [4.69, 9.17) is 0 Å². The first kappa shape index (κ1) is 18.2. The molecule has 124 valence electrons. The molecule has 0 N–H and O–H groups in total. The molecule has 0 heterocycles. The minimum absolute atomic E-state index is 0.850. The van der Waals surface area contributed by atoms with Crippen molar-refractivity contribution < 1.29 is 0 Å². The van der Waals surface area contributed by atoms with Crippen LogP contribution in [0.3, 0.4) is 0 Å². The summed E-state index contributed by atoms with van der Waals surface area (Å²) >= 11 is 0. The topological polar surface area (TPSA) is 24.7 Å². The van der Waals surface area contributed by atoms with Crippen molar-refractivity contribution in [1.82, 2.24) is 0 Å². The molecular formula is C21H26N2Si. The van der Waals surface area contributed by atoms with E-state index < -0.39 is 8.07 Å². The van der Waals surface area contributed by atoms with Crippen LogP contribution in [0.2, 0.25) is 18.1 Å². The zero-order chi connectivity index (χ0) is 17.4. The van der Waals surface area contributed by atoms with Gasteiger partial charge in [0.15, 0.2) is 0 Å². The smallest absolute Gasteiger partial charge is 0.138 e. The van der Waals surface area contributed by atoms with Gasteiger partial charge in [0.1, 0.15) is 13.8 Å². The molecular weight excluding hydrogens is 308 g/mol. The fourth-order valence-corrected chi connectivity index (χ4v) is 5.09. The van der Waals surface area contributed by atoms with E-state index in [1.807, 2.05) is 36.4 Å². The van der Waals surface area contributed by atoms with E-state index in [0.29, 0.717) is 0 Å². The van der Waals surface area contributed by atoms with Gasteiger partial charge in [0.25, 0.3) is 0 Å². The van der Waals surface area contributed by atoms with Crippen LogP contribution in [0.1, 0.15) is 31.9 Å². The van der Waals surface area contributed by atoms with E-state index in [9.17, 15) is 0 Å². The molecule has 0 atom stereocenters. The highest BCUT2D eigenvalue weighted by molar-refractivity contribution is 6.87. The Morgan fingerprint density at radius 2 is 1.54 bits per heavy atom. The van der Waals surface area contributed by atoms with Gasteiger partial charge >= 0.3 is 0 Å². The van der Waals surface area contributed by atoms with Crippen LogP contribution in [0.25, 0.3) is 0 Å². The van der Waals surface area contributed by atoms with Gasteiger partial charge in [-0.1, -0.05) is 51.0 Å². The molecule has 0 spiro atoms. The Bertz CT molecular complexity index is 742. The lowest BCUT2D eigenvalue weighted by molar-refractivity contribution is 1.20. The number of nitrogens with zero attached hydrogens (tertiary/aromatic N) is 2. The number of benzene rings is 2. The number of rotatable bonds is 5. The zero-order valence-corrected chi connectivity index (χ0v) is 16.1. The van der Waals surface area contributed by atoms with Gasteiger partial charge in [-0.15, -0.1) is 10.7 Å². The molecule has 0 saturated carbocycles. The molecule has 0 amide bonds. The van der Waals surface area contributed by atoms with Gasteiger partial charge in [0.2, 0.25) is 0 Å². The van der Waals surface area contributed by atoms with Crippen molar-refractivity contribution in [2.24, 2.45) is 10.2 Å². The third-order valence-electron chi connectivity index (χ3n) is 4.67. The van der Waals surface area contributed by atoms with E-state index in [0.717, 1.165) is 16.9 Å². The monoisotopic (exact) mass is 334 g/mol. The highest BCUT2D eigenvalue weighted by Gasteiger charge is 2.24. The lowest BCUT2D eigenvalue weighted by Crippen LogP contribution is -2.29. The highest BCUT2D eigenvalue weighted by Crippen LogP contribution is 2.24. The van der Waals surface area contributed by atoms with Crippen LogP contribution in [0.15, 0.2) is 58.8 Å². The molecule has 2 nitrogen and oxygen atoms in total. The van der Waals surface area contributed by atoms with Gasteiger partial charge in [-0.2, -0.15) is 5.11 Å². The lowest BCUT2D eigenvalue weighted by Gasteiger charge is -2.20. The first-order chi connectivity index (χ1) is 11.6. The first-order valence-corrected chi connectivity index (χ1v) is 11.3.